The Kier molecular flexibility index (Phi) is 5.84. The average Bonchev–Trinajstić information content (AvgIpc) is 2.27. The minimum absolute atomic E-state index is 0.0686. The van der Waals surface area contributed by atoms with Crippen LogP contribution in [0.25, 0.3) is 0 Å². The molecule has 102 valence electrons. The molecule has 6 nitrogen and oxygen atoms in total. The molecule has 1 aromatic rings. The van der Waals surface area contributed by atoms with Crippen LogP contribution in [-0.4, -0.2) is 28.8 Å². The van der Waals surface area contributed by atoms with Gasteiger partial charge in [0.25, 0.3) is 0 Å². The van der Waals surface area contributed by atoms with Crippen LogP contribution < -0.4 is 11.1 Å². The fourth-order valence-corrected chi connectivity index (χ4v) is 2.79. The van der Waals surface area contributed by atoms with Gasteiger partial charge in [0.05, 0.1) is 5.56 Å². The summed E-state index contributed by atoms with van der Waals surface area (Å²) in [5, 5.41) is 11.0. The number of hydrogen-bond acceptors (Lipinski definition) is 4. The minimum Gasteiger partial charge on any atom is -0.478 e. The number of nitrogens with one attached hydrogen (secondary N) is 1. The molecule has 1 aromatic carbocycles. The van der Waals surface area contributed by atoms with Gasteiger partial charge in [-0.25, -0.2) is 9.59 Å². The number of rotatable bonds is 5. The van der Waals surface area contributed by atoms with Crippen LogP contribution in [0.3, 0.4) is 0 Å². The van der Waals surface area contributed by atoms with Gasteiger partial charge >= 0.3 is 12.0 Å². The molecule has 4 N–H and O–H groups in total. The molecule has 0 fully saturated rings. The molecule has 0 radical (unpaired) electrons. The van der Waals surface area contributed by atoms with Crippen LogP contribution in [0.5, 0.6) is 0 Å². The van der Waals surface area contributed by atoms with Crippen molar-refractivity contribution in [3.63, 3.8) is 0 Å². The highest BCUT2D eigenvalue weighted by Gasteiger charge is 2.12. The normalized spacial score (nSPS) is 9.95. The maximum absolute atomic E-state index is 11.2. The molecule has 0 bridgehead atoms. The number of hydrogen-bond donors (Lipinski definition) is 3. The number of carbonyl (C=O) groups is 3. The van der Waals surface area contributed by atoms with Crippen LogP contribution in [0.2, 0.25) is 0 Å². The Morgan fingerprint density at radius 1 is 1.37 bits per heavy atom. The summed E-state index contributed by atoms with van der Waals surface area (Å²) in [4.78, 5) is 33.2. The van der Waals surface area contributed by atoms with Crippen molar-refractivity contribution in [2.75, 3.05) is 5.75 Å². The van der Waals surface area contributed by atoms with Gasteiger partial charge in [-0.3, -0.25) is 10.1 Å². The van der Waals surface area contributed by atoms with E-state index in [1.54, 1.807) is 12.1 Å². The molecular weight excluding hydrogens is 336 g/mol. The number of carboxylic acid groups (broad SMARTS) is 1. The summed E-state index contributed by atoms with van der Waals surface area (Å²) in [6.45, 7) is 0. The standard InChI is InChI=1S/C11H11BrN2O4S/c12-6-1-2-7(10(16)17)8(5-6)19-4-3-9(15)14-11(13)18/h1-2,5H,3-4H2,(H,16,17)(H3,13,14,15,18). The van der Waals surface area contributed by atoms with Gasteiger partial charge in [-0.2, -0.15) is 0 Å². The van der Waals surface area contributed by atoms with E-state index in [4.69, 9.17) is 10.8 Å². The molecule has 3 amide bonds. The molecule has 0 heterocycles. The van der Waals surface area contributed by atoms with Crippen LogP contribution in [0.15, 0.2) is 27.6 Å². The third kappa shape index (κ3) is 5.31. The van der Waals surface area contributed by atoms with Crippen molar-refractivity contribution in [2.45, 2.75) is 11.3 Å². The first kappa shape index (κ1) is 15.5. The van der Waals surface area contributed by atoms with E-state index in [0.29, 0.717) is 10.6 Å². The smallest absolute Gasteiger partial charge is 0.336 e. The van der Waals surface area contributed by atoms with Crippen LogP contribution in [-0.2, 0) is 4.79 Å². The number of urea groups is 1. The second-order valence-electron chi connectivity index (χ2n) is 3.46. The number of carboxylic acids is 1. The van der Waals surface area contributed by atoms with E-state index in [0.717, 1.165) is 4.47 Å². The van der Waals surface area contributed by atoms with Gasteiger partial charge in [-0.1, -0.05) is 15.9 Å². The van der Waals surface area contributed by atoms with Crippen molar-refractivity contribution >= 4 is 45.6 Å². The van der Waals surface area contributed by atoms with Gasteiger partial charge < -0.3 is 10.8 Å². The SMILES string of the molecule is NC(=O)NC(=O)CCSc1cc(Br)ccc1C(=O)O. The number of aromatic carboxylic acids is 1. The zero-order chi connectivity index (χ0) is 14.4. The molecule has 1 rings (SSSR count). The monoisotopic (exact) mass is 346 g/mol. The second kappa shape index (κ2) is 7.15. The maximum Gasteiger partial charge on any atom is 0.336 e. The average molecular weight is 347 g/mol. The van der Waals surface area contributed by atoms with Crippen LogP contribution >= 0.6 is 27.7 Å². The Bertz CT molecular complexity index is 521. The Morgan fingerprint density at radius 2 is 2.05 bits per heavy atom. The Morgan fingerprint density at radius 3 is 2.63 bits per heavy atom. The van der Waals surface area contributed by atoms with E-state index in [2.05, 4.69) is 15.9 Å². The van der Waals surface area contributed by atoms with Gasteiger partial charge in [-0.15, -0.1) is 11.8 Å². The molecule has 0 saturated carbocycles. The predicted molar refractivity (Wildman–Crippen MR) is 74.2 cm³/mol. The van der Waals surface area contributed by atoms with Crippen molar-refractivity contribution in [3.05, 3.63) is 28.2 Å². The lowest BCUT2D eigenvalue weighted by Crippen LogP contribution is -2.35. The summed E-state index contributed by atoms with van der Waals surface area (Å²) in [6.07, 6.45) is 0.0686. The number of amides is 3. The lowest BCUT2D eigenvalue weighted by molar-refractivity contribution is -0.119. The molecule has 0 saturated heterocycles. The highest BCUT2D eigenvalue weighted by atomic mass is 79.9. The first-order valence-electron chi connectivity index (χ1n) is 5.15. The van der Waals surface area contributed by atoms with Crippen molar-refractivity contribution in [2.24, 2.45) is 5.73 Å². The van der Waals surface area contributed by atoms with E-state index in [-0.39, 0.29) is 12.0 Å². The second-order valence-corrected chi connectivity index (χ2v) is 5.51. The van der Waals surface area contributed by atoms with Crippen LogP contribution in [0.4, 0.5) is 4.79 Å². The zero-order valence-corrected chi connectivity index (χ0v) is 12.1. The number of nitrogens with two attached hydrogens (primary N) is 1. The summed E-state index contributed by atoms with van der Waals surface area (Å²) in [5.41, 5.74) is 4.97. The van der Waals surface area contributed by atoms with Crippen molar-refractivity contribution in [1.82, 2.24) is 5.32 Å². The third-order valence-corrected chi connectivity index (χ3v) is 3.57. The van der Waals surface area contributed by atoms with Crippen molar-refractivity contribution in [1.29, 1.82) is 0 Å². The molecule has 0 aromatic heterocycles. The molecule has 0 aliphatic carbocycles. The zero-order valence-electron chi connectivity index (χ0n) is 9.68. The largest absolute Gasteiger partial charge is 0.478 e. The number of thioether (sulfide) groups is 1. The van der Waals surface area contributed by atoms with E-state index in [1.165, 1.54) is 17.8 Å². The number of benzene rings is 1. The van der Waals surface area contributed by atoms with Crippen LogP contribution in [0, 0.1) is 0 Å². The molecule has 0 unspecified atom stereocenters. The summed E-state index contributed by atoms with van der Waals surface area (Å²) in [6, 6.07) is 3.88. The molecule has 0 spiro atoms. The molecule has 19 heavy (non-hydrogen) atoms. The van der Waals surface area contributed by atoms with Crippen LogP contribution in [0.1, 0.15) is 16.8 Å². The van der Waals surface area contributed by atoms with Crippen molar-refractivity contribution in [3.8, 4) is 0 Å². The Labute approximate surface area is 121 Å². The summed E-state index contributed by atoms with van der Waals surface area (Å²) >= 11 is 4.47. The molecule has 8 heteroatoms. The van der Waals surface area contributed by atoms with Gasteiger partial charge in [0.15, 0.2) is 0 Å². The molecule has 0 atom stereocenters. The van der Waals surface area contributed by atoms with Gasteiger partial charge in [-0.05, 0) is 18.2 Å². The first-order chi connectivity index (χ1) is 8.90. The topological polar surface area (TPSA) is 109 Å². The minimum atomic E-state index is -1.03. The van der Waals surface area contributed by atoms with Gasteiger partial charge in [0, 0.05) is 21.5 Å². The van der Waals surface area contributed by atoms with Gasteiger partial charge in [0.2, 0.25) is 5.91 Å². The van der Waals surface area contributed by atoms with E-state index in [9.17, 15) is 14.4 Å². The van der Waals surface area contributed by atoms with E-state index < -0.39 is 17.9 Å². The third-order valence-electron chi connectivity index (χ3n) is 2.02. The maximum atomic E-state index is 11.2. The molecule has 0 aliphatic heterocycles. The van der Waals surface area contributed by atoms with Gasteiger partial charge in [0.1, 0.15) is 0 Å². The first-order valence-corrected chi connectivity index (χ1v) is 6.93. The van der Waals surface area contributed by atoms with E-state index in [1.807, 2.05) is 5.32 Å². The summed E-state index contributed by atoms with van der Waals surface area (Å²) < 4.78 is 0.751. The lowest BCUT2D eigenvalue weighted by Gasteiger charge is -2.06. The summed E-state index contributed by atoms with van der Waals surface area (Å²) in [7, 11) is 0. The number of carbonyl (C=O) groups excluding carboxylic acids is 2. The number of imide groups is 1. The number of halogens is 1. The number of primary amides is 1. The highest BCUT2D eigenvalue weighted by molar-refractivity contribution is 9.10. The van der Waals surface area contributed by atoms with Crippen molar-refractivity contribution < 1.29 is 19.5 Å². The Hall–Kier alpha value is -1.54. The van der Waals surface area contributed by atoms with E-state index >= 15 is 0 Å². The molecular formula is C11H11BrN2O4S. The molecule has 0 aliphatic rings. The quantitative estimate of drug-likeness (QED) is 0.704. The summed E-state index contributed by atoms with van der Waals surface area (Å²) in [5.74, 6) is -1.18. The Balaban J connectivity index is 2.62. The predicted octanol–water partition coefficient (Wildman–Crippen LogP) is 1.82. The fraction of sp³-hybridized carbons (Fsp3) is 0.182. The fourth-order valence-electron chi connectivity index (χ4n) is 1.25. The lowest BCUT2D eigenvalue weighted by atomic mass is 10.2. The highest BCUT2D eigenvalue weighted by Crippen LogP contribution is 2.27.